The van der Waals surface area contributed by atoms with Crippen LogP contribution in [0.1, 0.15) is 5.56 Å². The summed E-state index contributed by atoms with van der Waals surface area (Å²) < 4.78 is 2.60. The first-order valence-corrected chi connectivity index (χ1v) is 6.45. The molecular formula is C9H13N9S. The van der Waals surface area contributed by atoms with Crippen molar-refractivity contribution >= 4 is 17.8 Å². The van der Waals surface area contributed by atoms with Gasteiger partial charge in [-0.3, -0.25) is 0 Å². The van der Waals surface area contributed by atoms with Gasteiger partial charge in [0.15, 0.2) is 11.9 Å². The monoisotopic (exact) mass is 279 g/mol. The highest BCUT2D eigenvalue weighted by Gasteiger charge is 2.16. The summed E-state index contributed by atoms with van der Waals surface area (Å²) in [7, 11) is 3.71. The number of nitrogens with one attached hydrogen (secondary N) is 2. The minimum atomic E-state index is 0.535. The molecule has 2 aromatic heterocycles. The minimum absolute atomic E-state index is 0.535. The summed E-state index contributed by atoms with van der Waals surface area (Å²) >= 11 is 1.28. The first kappa shape index (κ1) is 12.1. The van der Waals surface area contributed by atoms with E-state index in [9.17, 15) is 0 Å². The predicted molar refractivity (Wildman–Crippen MR) is 68.7 cm³/mol. The maximum absolute atomic E-state index is 4.39. The molecule has 0 bridgehead atoms. The molecule has 2 N–H and O–H groups in total. The van der Waals surface area contributed by atoms with Gasteiger partial charge in [0.05, 0.1) is 7.05 Å². The van der Waals surface area contributed by atoms with Gasteiger partial charge in [-0.25, -0.2) is 0 Å². The van der Waals surface area contributed by atoms with Crippen LogP contribution >= 0.6 is 11.9 Å². The second-order valence-electron chi connectivity index (χ2n) is 4.09. The van der Waals surface area contributed by atoms with Crippen LogP contribution in [-0.2, 0) is 20.5 Å². The van der Waals surface area contributed by atoms with E-state index < -0.39 is 0 Å². The highest BCUT2D eigenvalue weighted by molar-refractivity contribution is 7.92. The van der Waals surface area contributed by atoms with Gasteiger partial charge in [-0.2, -0.15) is 9.32 Å². The van der Waals surface area contributed by atoms with Gasteiger partial charge >= 0.3 is 0 Å². The molecule has 9 nitrogen and oxygen atoms in total. The largest absolute Gasteiger partial charge is 0.420 e. The molecule has 3 heterocycles. The third-order valence-electron chi connectivity index (χ3n) is 2.45. The molecule has 1 atom stereocenters. The molecule has 0 fully saturated rings. The molecule has 0 saturated carbocycles. The zero-order chi connectivity index (χ0) is 13.2. The molecule has 0 amide bonds. The summed E-state index contributed by atoms with van der Waals surface area (Å²) in [5.74, 6) is 0.817. The van der Waals surface area contributed by atoms with Gasteiger partial charge in [0.2, 0.25) is 0 Å². The van der Waals surface area contributed by atoms with Crippen LogP contribution in [0.15, 0.2) is 28.7 Å². The number of rotatable bonds is 4. The number of aryl methyl sites for hydroxylation is 2. The Kier molecular flexibility index (Phi) is 3.19. The van der Waals surface area contributed by atoms with E-state index >= 15 is 0 Å². The van der Waals surface area contributed by atoms with Crippen LogP contribution < -0.4 is 9.95 Å². The van der Waals surface area contributed by atoms with Crippen LogP contribution in [0.3, 0.4) is 0 Å². The highest BCUT2D eigenvalue weighted by atomic mass is 32.2. The van der Waals surface area contributed by atoms with Crippen molar-refractivity contribution in [1.29, 1.82) is 0 Å². The molecule has 100 valence electrons. The zero-order valence-electron chi connectivity index (χ0n) is 10.5. The fourth-order valence-corrected chi connectivity index (χ4v) is 2.30. The standard InChI is InChI=1S/C9H13N9S/c1-16-4-3-7(6-16)5-8-10-15-18(12-8)19-9-11-14-17(2)13-9/h3-4,6,18H,5H2,1-2H3,(H,10,12). The number of tetrazole rings is 1. The Bertz CT molecular complexity index is 600. The van der Waals surface area contributed by atoms with E-state index in [2.05, 4.69) is 43.7 Å². The first-order valence-electron chi connectivity index (χ1n) is 5.63. The number of aromatic nitrogens is 5. The Labute approximate surface area is 113 Å². The Balaban J connectivity index is 1.61. The van der Waals surface area contributed by atoms with Crippen molar-refractivity contribution in [1.82, 2.24) is 30.2 Å². The molecule has 10 heteroatoms. The molecule has 0 radical (unpaired) electrons. The fraction of sp³-hybridized carbons (Fsp3) is 0.333. The third-order valence-corrected chi connectivity index (χ3v) is 3.16. The van der Waals surface area contributed by atoms with E-state index in [-0.39, 0.29) is 0 Å². The minimum Gasteiger partial charge on any atom is -0.420 e. The summed E-state index contributed by atoms with van der Waals surface area (Å²) in [6.45, 7) is 0. The highest BCUT2D eigenvalue weighted by Crippen LogP contribution is 2.06. The molecule has 0 aliphatic carbocycles. The van der Waals surface area contributed by atoms with Crippen molar-refractivity contribution in [2.24, 2.45) is 19.2 Å². The molecule has 3 rings (SSSR count). The van der Waals surface area contributed by atoms with Gasteiger partial charge in [0.25, 0.3) is 5.16 Å². The lowest BCUT2D eigenvalue weighted by atomic mass is 10.2. The van der Waals surface area contributed by atoms with E-state index in [0.29, 0.717) is 9.68 Å². The Morgan fingerprint density at radius 1 is 1.47 bits per heavy atom. The van der Waals surface area contributed by atoms with Crippen molar-refractivity contribution in [2.75, 3.05) is 0 Å². The summed E-state index contributed by atoms with van der Waals surface area (Å²) in [6, 6.07) is 2.06. The average Bonchev–Trinajstić information content (AvgIpc) is 3.05. The smallest absolute Gasteiger partial charge is 0.289 e. The van der Waals surface area contributed by atoms with E-state index in [1.54, 1.807) is 7.05 Å². The van der Waals surface area contributed by atoms with Gasteiger partial charge in [-0.05, 0) is 16.8 Å². The number of amidine groups is 1. The average molecular weight is 279 g/mol. The van der Waals surface area contributed by atoms with E-state index in [0.717, 1.165) is 12.3 Å². The summed E-state index contributed by atoms with van der Waals surface area (Å²) in [4.78, 5) is 1.40. The Morgan fingerprint density at radius 2 is 2.37 bits per heavy atom. The normalized spacial score (nSPS) is 18.4. The Morgan fingerprint density at radius 3 is 3.05 bits per heavy atom. The molecule has 1 aliphatic rings. The van der Waals surface area contributed by atoms with Gasteiger partial charge in [0.1, 0.15) is 5.84 Å². The maximum Gasteiger partial charge on any atom is 0.289 e. The molecule has 19 heavy (non-hydrogen) atoms. The van der Waals surface area contributed by atoms with Gasteiger partial charge in [0, 0.05) is 25.9 Å². The van der Waals surface area contributed by atoms with Crippen LogP contribution in [0, 0.1) is 0 Å². The number of hydrogen-bond acceptors (Lipinski definition) is 6. The fourth-order valence-electron chi connectivity index (χ4n) is 1.65. The van der Waals surface area contributed by atoms with Crippen LogP contribution in [0.4, 0.5) is 0 Å². The lowest BCUT2D eigenvalue weighted by Gasteiger charge is -2.12. The van der Waals surface area contributed by atoms with E-state index in [1.165, 1.54) is 22.3 Å². The second-order valence-corrected chi connectivity index (χ2v) is 5.02. The van der Waals surface area contributed by atoms with Crippen molar-refractivity contribution in [3.8, 4) is 0 Å². The van der Waals surface area contributed by atoms with Crippen LogP contribution in [0.25, 0.3) is 5.53 Å². The number of nitrogens with zero attached hydrogens (tertiary/aromatic N) is 7. The summed E-state index contributed by atoms with van der Waals surface area (Å²) in [6.07, 6.45) is 4.78. The molecule has 0 spiro atoms. The lowest BCUT2D eigenvalue weighted by molar-refractivity contribution is -0.715. The molecule has 0 aromatic carbocycles. The van der Waals surface area contributed by atoms with Crippen molar-refractivity contribution in [3.63, 3.8) is 0 Å². The number of hydrogen-bond donors (Lipinski definition) is 2. The SMILES string of the molecule is Cn1ccc(CC2=N[NH+](Sc3nnn(C)n3)[N-]N2)c1. The Hall–Kier alpha value is -1.91. The summed E-state index contributed by atoms with van der Waals surface area (Å²) in [5, 5.41) is 16.6. The third kappa shape index (κ3) is 2.92. The van der Waals surface area contributed by atoms with Crippen LogP contribution in [-0.4, -0.2) is 30.6 Å². The predicted octanol–water partition coefficient (Wildman–Crippen LogP) is -1.20. The van der Waals surface area contributed by atoms with Crippen LogP contribution in [0.5, 0.6) is 0 Å². The lowest BCUT2D eigenvalue weighted by Crippen LogP contribution is -2.94. The van der Waals surface area contributed by atoms with E-state index in [1.807, 2.05) is 17.8 Å². The van der Waals surface area contributed by atoms with Crippen molar-refractivity contribution in [2.45, 2.75) is 11.6 Å². The molecule has 1 unspecified atom stereocenters. The molecule has 1 aliphatic heterocycles. The first-order chi connectivity index (χ1) is 9.19. The summed E-state index contributed by atoms with van der Waals surface area (Å²) in [5.41, 5.74) is 8.23. The van der Waals surface area contributed by atoms with Crippen LogP contribution in [0.2, 0.25) is 0 Å². The maximum atomic E-state index is 4.39. The second kappa shape index (κ2) is 4.99. The molecular weight excluding hydrogens is 266 g/mol. The zero-order valence-corrected chi connectivity index (χ0v) is 11.3. The van der Waals surface area contributed by atoms with Gasteiger partial charge < -0.3 is 15.5 Å². The van der Waals surface area contributed by atoms with E-state index in [4.69, 9.17) is 0 Å². The topological polar surface area (TPSA) is 91.5 Å². The molecule has 0 saturated heterocycles. The van der Waals surface area contributed by atoms with Gasteiger partial charge in [-0.1, -0.05) is 10.2 Å². The van der Waals surface area contributed by atoms with Crippen molar-refractivity contribution in [3.05, 3.63) is 29.6 Å². The van der Waals surface area contributed by atoms with Crippen molar-refractivity contribution < 1.29 is 4.52 Å². The number of quaternary nitrogens is 1. The molecule has 2 aromatic rings. The quantitative estimate of drug-likeness (QED) is 0.686. The van der Waals surface area contributed by atoms with Gasteiger partial charge in [-0.15, -0.1) is 5.10 Å².